The van der Waals surface area contributed by atoms with E-state index >= 15 is 0 Å². The highest BCUT2D eigenvalue weighted by atomic mass is 32.2. The Kier molecular flexibility index (Phi) is 5.88. The van der Waals surface area contributed by atoms with Gasteiger partial charge in [0.2, 0.25) is 5.91 Å². The van der Waals surface area contributed by atoms with Crippen LogP contribution in [-0.2, 0) is 4.79 Å². The number of aromatic nitrogens is 2. The minimum atomic E-state index is -0.372. The number of anilines is 2. The van der Waals surface area contributed by atoms with Crippen molar-refractivity contribution in [2.24, 2.45) is 5.73 Å². The molecule has 3 N–H and O–H groups in total. The molecule has 0 bridgehead atoms. The molecular weight excluding hydrogens is 262 g/mol. The van der Waals surface area contributed by atoms with Gasteiger partial charge in [-0.05, 0) is 27.0 Å². The monoisotopic (exact) mass is 283 g/mol. The van der Waals surface area contributed by atoms with Crippen LogP contribution in [0.15, 0.2) is 11.2 Å². The van der Waals surface area contributed by atoms with Crippen molar-refractivity contribution in [2.75, 3.05) is 29.6 Å². The van der Waals surface area contributed by atoms with E-state index in [1.807, 2.05) is 38.0 Å². The van der Waals surface area contributed by atoms with E-state index in [4.69, 9.17) is 5.73 Å². The van der Waals surface area contributed by atoms with E-state index < -0.39 is 0 Å². The number of carbonyl (C=O) groups excluding carboxylic acids is 1. The largest absolute Gasteiger partial charge is 0.370 e. The highest BCUT2D eigenvalue weighted by Gasteiger charge is 2.16. The van der Waals surface area contributed by atoms with Crippen molar-refractivity contribution >= 4 is 29.3 Å². The number of rotatable bonds is 7. The number of carbonyl (C=O) groups is 1. The topological polar surface area (TPSA) is 84.1 Å². The van der Waals surface area contributed by atoms with Crippen molar-refractivity contribution < 1.29 is 4.79 Å². The molecule has 0 unspecified atom stereocenters. The minimum Gasteiger partial charge on any atom is -0.370 e. The van der Waals surface area contributed by atoms with Gasteiger partial charge in [-0.1, -0.05) is 11.8 Å². The molecule has 0 spiro atoms. The predicted molar refractivity (Wildman–Crippen MR) is 79.7 cm³/mol. The SMILES string of the molecule is CCNc1cc(N(CC(N)=O)C(C)C)nc(SC)n1. The summed E-state index contributed by atoms with van der Waals surface area (Å²) in [4.78, 5) is 21.8. The molecular formula is C12H21N5OS. The van der Waals surface area contributed by atoms with Crippen molar-refractivity contribution in [3.05, 3.63) is 6.07 Å². The van der Waals surface area contributed by atoms with Crippen LogP contribution in [-0.4, -0.2) is 41.3 Å². The number of nitrogens with two attached hydrogens (primary N) is 1. The third-order valence-corrected chi connectivity index (χ3v) is 3.02. The first-order valence-electron chi connectivity index (χ1n) is 6.19. The average molecular weight is 283 g/mol. The van der Waals surface area contributed by atoms with Gasteiger partial charge in [-0.15, -0.1) is 0 Å². The lowest BCUT2D eigenvalue weighted by atomic mass is 10.3. The molecule has 0 aromatic carbocycles. The van der Waals surface area contributed by atoms with Gasteiger partial charge in [-0.2, -0.15) is 0 Å². The quantitative estimate of drug-likeness (QED) is 0.580. The summed E-state index contributed by atoms with van der Waals surface area (Å²) in [5.74, 6) is 1.10. The zero-order valence-corrected chi connectivity index (χ0v) is 12.6. The first kappa shape index (κ1) is 15.6. The van der Waals surface area contributed by atoms with Crippen molar-refractivity contribution in [1.82, 2.24) is 9.97 Å². The molecule has 1 aromatic heterocycles. The molecule has 1 amide bonds. The summed E-state index contributed by atoms with van der Waals surface area (Å²) in [6.45, 7) is 6.92. The third kappa shape index (κ3) is 4.59. The number of hydrogen-bond donors (Lipinski definition) is 2. The maximum absolute atomic E-state index is 11.2. The van der Waals surface area contributed by atoms with Gasteiger partial charge in [-0.3, -0.25) is 4.79 Å². The molecule has 0 radical (unpaired) electrons. The molecule has 6 nitrogen and oxygen atoms in total. The number of hydrogen-bond acceptors (Lipinski definition) is 6. The average Bonchev–Trinajstić information content (AvgIpc) is 2.35. The summed E-state index contributed by atoms with van der Waals surface area (Å²) in [7, 11) is 0. The van der Waals surface area contributed by atoms with E-state index in [0.717, 1.165) is 12.4 Å². The molecule has 1 heterocycles. The zero-order chi connectivity index (χ0) is 14.4. The second-order valence-electron chi connectivity index (χ2n) is 4.32. The Morgan fingerprint density at radius 3 is 2.68 bits per heavy atom. The molecule has 0 aliphatic rings. The Labute approximate surface area is 118 Å². The van der Waals surface area contributed by atoms with Gasteiger partial charge in [0.15, 0.2) is 5.16 Å². The molecule has 1 rings (SSSR count). The maximum Gasteiger partial charge on any atom is 0.237 e. The fourth-order valence-corrected chi connectivity index (χ4v) is 1.99. The van der Waals surface area contributed by atoms with Crippen molar-refractivity contribution in [3.8, 4) is 0 Å². The van der Waals surface area contributed by atoms with Crippen LogP contribution in [0.25, 0.3) is 0 Å². The van der Waals surface area contributed by atoms with Crippen LogP contribution in [0.1, 0.15) is 20.8 Å². The Balaban J connectivity index is 3.13. The lowest BCUT2D eigenvalue weighted by Crippen LogP contribution is -2.39. The number of nitrogens with one attached hydrogen (secondary N) is 1. The molecule has 0 saturated carbocycles. The van der Waals surface area contributed by atoms with E-state index in [-0.39, 0.29) is 18.5 Å². The number of amides is 1. The normalized spacial score (nSPS) is 10.6. The molecule has 0 atom stereocenters. The number of nitrogens with zero attached hydrogens (tertiary/aromatic N) is 3. The van der Waals surface area contributed by atoms with Gasteiger partial charge in [0, 0.05) is 18.7 Å². The first-order chi connectivity index (χ1) is 8.97. The summed E-state index contributed by atoms with van der Waals surface area (Å²) in [6.07, 6.45) is 1.92. The van der Waals surface area contributed by atoms with Gasteiger partial charge in [0.1, 0.15) is 11.6 Å². The van der Waals surface area contributed by atoms with Crippen LogP contribution in [0.2, 0.25) is 0 Å². The van der Waals surface area contributed by atoms with Gasteiger partial charge < -0.3 is 16.0 Å². The molecule has 1 aromatic rings. The summed E-state index contributed by atoms with van der Waals surface area (Å²) < 4.78 is 0. The van der Waals surface area contributed by atoms with E-state index in [1.54, 1.807) is 0 Å². The van der Waals surface area contributed by atoms with Crippen LogP contribution in [0, 0.1) is 0 Å². The lowest BCUT2D eigenvalue weighted by molar-refractivity contribution is -0.116. The Morgan fingerprint density at radius 1 is 1.53 bits per heavy atom. The van der Waals surface area contributed by atoms with Crippen LogP contribution >= 0.6 is 11.8 Å². The van der Waals surface area contributed by atoms with Crippen LogP contribution in [0.5, 0.6) is 0 Å². The van der Waals surface area contributed by atoms with Crippen molar-refractivity contribution in [1.29, 1.82) is 0 Å². The second-order valence-corrected chi connectivity index (χ2v) is 5.09. The highest BCUT2D eigenvalue weighted by Crippen LogP contribution is 2.21. The summed E-state index contributed by atoms with van der Waals surface area (Å²) in [6, 6.07) is 1.97. The van der Waals surface area contributed by atoms with E-state index in [0.29, 0.717) is 11.0 Å². The molecule has 0 aliphatic carbocycles. The molecule has 7 heteroatoms. The highest BCUT2D eigenvalue weighted by molar-refractivity contribution is 7.98. The minimum absolute atomic E-state index is 0.131. The molecule has 0 aliphatic heterocycles. The van der Waals surface area contributed by atoms with Crippen LogP contribution in [0.3, 0.4) is 0 Å². The predicted octanol–water partition coefficient (Wildman–Crippen LogP) is 1.33. The Hall–Kier alpha value is -1.50. The van der Waals surface area contributed by atoms with Crippen molar-refractivity contribution in [2.45, 2.75) is 32.0 Å². The van der Waals surface area contributed by atoms with E-state index in [2.05, 4.69) is 15.3 Å². The smallest absolute Gasteiger partial charge is 0.237 e. The number of thioether (sulfide) groups is 1. The molecule has 19 heavy (non-hydrogen) atoms. The van der Waals surface area contributed by atoms with Gasteiger partial charge >= 0.3 is 0 Å². The second kappa shape index (κ2) is 7.18. The standard InChI is InChI=1S/C12H21N5OS/c1-5-14-10-6-11(16-12(15-10)19-4)17(8(2)3)7-9(13)18/h6,8H,5,7H2,1-4H3,(H2,13,18)(H,14,15,16). The van der Waals surface area contributed by atoms with Gasteiger partial charge in [0.05, 0.1) is 6.54 Å². The van der Waals surface area contributed by atoms with Crippen molar-refractivity contribution in [3.63, 3.8) is 0 Å². The van der Waals surface area contributed by atoms with Gasteiger partial charge in [0.25, 0.3) is 0 Å². The molecule has 0 saturated heterocycles. The fraction of sp³-hybridized carbons (Fsp3) is 0.583. The van der Waals surface area contributed by atoms with Crippen LogP contribution in [0.4, 0.5) is 11.6 Å². The fourth-order valence-electron chi connectivity index (χ4n) is 1.62. The Morgan fingerprint density at radius 2 is 2.21 bits per heavy atom. The number of primary amides is 1. The maximum atomic E-state index is 11.2. The first-order valence-corrected chi connectivity index (χ1v) is 7.42. The van der Waals surface area contributed by atoms with E-state index in [1.165, 1.54) is 11.8 Å². The molecule has 0 fully saturated rings. The van der Waals surface area contributed by atoms with E-state index in [9.17, 15) is 4.79 Å². The van der Waals surface area contributed by atoms with Gasteiger partial charge in [-0.25, -0.2) is 9.97 Å². The Bertz CT molecular complexity index is 438. The lowest BCUT2D eigenvalue weighted by Gasteiger charge is -2.27. The summed E-state index contributed by atoms with van der Waals surface area (Å²) >= 11 is 1.47. The van der Waals surface area contributed by atoms with Crippen LogP contribution < -0.4 is 16.0 Å². The third-order valence-electron chi connectivity index (χ3n) is 2.48. The summed E-state index contributed by atoms with van der Waals surface area (Å²) in [5, 5.41) is 3.83. The molecule has 106 valence electrons. The zero-order valence-electron chi connectivity index (χ0n) is 11.8. The summed E-state index contributed by atoms with van der Waals surface area (Å²) in [5.41, 5.74) is 5.29.